The number of amides is 1. The SMILES string of the molecule is C/C=C\C(=NC(C)C)c1ncc(C(=O)NC(C)(C)c2ccccc2)c(=O)[nH]1. The predicted octanol–water partition coefficient (Wildman–Crippen LogP) is 3.21. The molecule has 1 aromatic heterocycles. The van der Waals surface area contributed by atoms with Gasteiger partial charge >= 0.3 is 0 Å². The minimum absolute atomic E-state index is 0.0351. The molecule has 6 nitrogen and oxygen atoms in total. The van der Waals surface area contributed by atoms with Crippen molar-refractivity contribution in [3.63, 3.8) is 0 Å². The van der Waals surface area contributed by atoms with Gasteiger partial charge in [0.15, 0.2) is 5.82 Å². The largest absolute Gasteiger partial charge is 0.343 e. The molecule has 1 aromatic carbocycles. The van der Waals surface area contributed by atoms with Gasteiger partial charge < -0.3 is 10.3 Å². The van der Waals surface area contributed by atoms with Gasteiger partial charge in [-0.15, -0.1) is 0 Å². The van der Waals surface area contributed by atoms with Crippen LogP contribution in [0.25, 0.3) is 0 Å². The Morgan fingerprint density at radius 1 is 1.26 bits per heavy atom. The second kappa shape index (κ2) is 8.58. The Morgan fingerprint density at radius 3 is 2.48 bits per heavy atom. The maximum absolute atomic E-state index is 12.6. The van der Waals surface area contributed by atoms with Crippen molar-refractivity contribution < 1.29 is 4.79 Å². The summed E-state index contributed by atoms with van der Waals surface area (Å²) in [6.07, 6.45) is 4.89. The molecule has 1 heterocycles. The summed E-state index contributed by atoms with van der Waals surface area (Å²) in [5, 5.41) is 2.89. The summed E-state index contributed by atoms with van der Waals surface area (Å²) in [5.41, 5.74) is 0.355. The van der Waals surface area contributed by atoms with Crippen LogP contribution in [0.3, 0.4) is 0 Å². The van der Waals surface area contributed by atoms with Crippen LogP contribution >= 0.6 is 0 Å². The van der Waals surface area contributed by atoms with Crippen molar-refractivity contribution in [3.8, 4) is 0 Å². The van der Waals surface area contributed by atoms with Crippen molar-refractivity contribution in [1.29, 1.82) is 0 Å². The van der Waals surface area contributed by atoms with Gasteiger partial charge in [0.25, 0.3) is 11.5 Å². The summed E-state index contributed by atoms with van der Waals surface area (Å²) >= 11 is 0. The number of aliphatic imine (C=N–C) groups is 1. The van der Waals surface area contributed by atoms with E-state index in [1.54, 1.807) is 6.08 Å². The number of nitrogens with one attached hydrogen (secondary N) is 2. The van der Waals surface area contributed by atoms with Gasteiger partial charge in [0.1, 0.15) is 11.3 Å². The summed E-state index contributed by atoms with van der Waals surface area (Å²) < 4.78 is 0. The zero-order valence-electron chi connectivity index (χ0n) is 16.4. The fraction of sp³-hybridized carbons (Fsp3) is 0.333. The number of carbonyl (C=O) groups excluding carboxylic acids is 1. The predicted molar refractivity (Wildman–Crippen MR) is 108 cm³/mol. The molecule has 0 fully saturated rings. The van der Waals surface area contributed by atoms with Crippen LogP contribution in [0, 0.1) is 0 Å². The fourth-order valence-electron chi connectivity index (χ4n) is 2.58. The minimum atomic E-state index is -0.626. The molecule has 0 saturated carbocycles. The highest BCUT2D eigenvalue weighted by Crippen LogP contribution is 2.19. The van der Waals surface area contributed by atoms with E-state index in [1.807, 2.05) is 71.0 Å². The van der Waals surface area contributed by atoms with Gasteiger partial charge in [-0.2, -0.15) is 0 Å². The number of aromatic nitrogens is 2. The van der Waals surface area contributed by atoms with Crippen LogP contribution in [0.4, 0.5) is 0 Å². The molecule has 27 heavy (non-hydrogen) atoms. The van der Waals surface area contributed by atoms with Gasteiger partial charge in [-0.3, -0.25) is 14.6 Å². The molecule has 0 bridgehead atoms. The average molecular weight is 366 g/mol. The van der Waals surface area contributed by atoms with Crippen molar-refractivity contribution >= 4 is 11.6 Å². The molecule has 1 amide bonds. The Morgan fingerprint density at radius 2 is 1.93 bits per heavy atom. The normalized spacial score (nSPS) is 12.6. The highest BCUT2D eigenvalue weighted by molar-refractivity contribution is 6.06. The second-order valence-corrected chi connectivity index (χ2v) is 7.03. The van der Waals surface area contributed by atoms with Gasteiger partial charge in [0.2, 0.25) is 0 Å². The number of hydrogen-bond acceptors (Lipinski definition) is 4. The van der Waals surface area contributed by atoms with Crippen molar-refractivity contribution in [3.05, 3.63) is 76.0 Å². The Labute approximate surface area is 159 Å². The highest BCUT2D eigenvalue weighted by atomic mass is 16.2. The third kappa shape index (κ3) is 5.23. The molecule has 0 saturated heterocycles. The molecular weight excluding hydrogens is 340 g/mol. The van der Waals surface area contributed by atoms with E-state index in [0.717, 1.165) is 5.56 Å². The molecule has 2 N–H and O–H groups in total. The number of rotatable bonds is 6. The number of carbonyl (C=O) groups is 1. The first kappa shape index (κ1) is 20.3. The molecule has 0 aliphatic heterocycles. The van der Waals surface area contributed by atoms with E-state index in [0.29, 0.717) is 11.5 Å². The smallest absolute Gasteiger partial charge is 0.264 e. The number of hydrogen-bond donors (Lipinski definition) is 2. The Kier molecular flexibility index (Phi) is 6.45. The lowest BCUT2D eigenvalue weighted by molar-refractivity contribution is 0.0910. The molecule has 0 radical (unpaired) electrons. The molecule has 0 aliphatic rings. The van der Waals surface area contributed by atoms with Crippen molar-refractivity contribution in [2.75, 3.05) is 0 Å². The van der Waals surface area contributed by atoms with E-state index < -0.39 is 17.0 Å². The number of benzene rings is 1. The van der Waals surface area contributed by atoms with E-state index in [2.05, 4.69) is 20.3 Å². The lowest BCUT2D eigenvalue weighted by Crippen LogP contribution is -2.43. The highest BCUT2D eigenvalue weighted by Gasteiger charge is 2.25. The van der Waals surface area contributed by atoms with Gasteiger partial charge in [-0.25, -0.2) is 4.98 Å². The van der Waals surface area contributed by atoms with Gasteiger partial charge in [0.05, 0.1) is 5.54 Å². The molecule has 0 aliphatic carbocycles. The minimum Gasteiger partial charge on any atom is -0.343 e. The monoisotopic (exact) mass is 366 g/mol. The van der Waals surface area contributed by atoms with E-state index in [1.165, 1.54) is 6.20 Å². The third-order valence-electron chi connectivity index (χ3n) is 3.93. The van der Waals surface area contributed by atoms with Crippen molar-refractivity contribution in [1.82, 2.24) is 15.3 Å². The van der Waals surface area contributed by atoms with Crippen LogP contribution in [-0.2, 0) is 5.54 Å². The first-order valence-electron chi connectivity index (χ1n) is 8.93. The summed E-state index contributed by atoms with van der Waals surface area (Å²) in [5.74, 6) is -0.136. The van der Waals surface area contributed by atoms with E-state index in [4.69, 9.17) is 0 Å². The first-order valence-corrected chi connectivity index (χ1v) is 8.93. The number of H-pyrrole nitrogens is 1. The zero-order valence-corrected chi connectivity index (χ0v) is 16.4. The molecule has 142 valence electrons. The van der Waals surface area contributed by atoms with Crippen LogP contribution in [0.5, 0.6) is 0 Å². The summed E-state index contributed by atoms with van der Waals surface area (Å²) in [6.45, 7) is 9.51. The molecule has 2 aromatic rings. The van der Waals surface area contributed by atoms with E-state index >= 15 is 0 Å². The molecule has 2 rings (SSSR count). The quantitative estimate of drug-likeness (QED) is 0.770. The van der Waals surface area contributed by atoms with Gasteiger partial charge in [-0.05, 0) is 46.3 Å². The standard InChI is InChI=1S/C21H26N4O2/c1-6-10-17(23-14(2)3)18-22-13-16(19(26)24-18)20(27)25-21(4,5)15-11-8-7-9-12-15/h6-14H,1-5H3,(H,25,27)(H,22,24,26)/b10-6-,23-17?. The summed E-state index contributed by atoms with van der Waals surface area (Å²) in [7, 11) is 0. The van der Waals surface area contributed by atoms with Crippen molar-refractivity contribution in [2.45, 2.75) is 46.2 Å². The third-order valence-corrected chi connectivity index (χ3v) is 3.93. The van der Waals surface area contributed by atoms with E-state index in [9.17, 15) is 9.59 Å². The zero-order chi connectivity index (χ0) is 20.0. The topological polar surface area (TPSA) is 87.2 Å². The maximum Gasteiger partial charge on any atom is 0.264 e. The maximum atomic E-state index is 12.6. The molecule has 0 atom stereocenters. The Bertz CT molecular complexity index is 909. The fourth-order valence-corrected chi connectivity index (χ4v) is 2.58. The number of nitrogens with zero attached hydrogens (tertiary/aromatic N) is 2. The van der Waals surface area contributed by atoms with Crippen LogP contribution in [-0.4, -0.2) is 27.6 Å². The van der Waals surface area contributed by atoms with E-state index in [-0.39, 0.29) is 11.6 Å². The lowest BCUT2D eigenvalue weighted by atomic mass is 9.94. The van der Waals surface area contributed by atoms with Gasteiger partial charge in [-0.1, -0.05) is 36.4 Å². The van der Waals surface area contributed by atoms with Crippen LogP contribution in [0.1, 0.15) is 56.4 Å². The second-order valence-electron chi connectivity index (χ2n) is 7.03. The summed E-state index contributed by atoms with van der Waals surface area (Å²) in [6, 6.07) is 9.63. The number of aromatic amines is 1. The molecule has 0 spiro atoms. The summed E-state index contributed by atoms with van der Waals surface area (Å²) in [4.78, 5) is 36.4. The van der Waals surface area contributed by atoms with Crippen molar-refractivity contribution in [2.24, 2.45) is 4.99 Å². The Hall–Kier alpha value is -3.02. The number of allylic oxidation sites excluding steroid dienone is 2. The average Bonchev–Trinajstić information content (AvgIpc) is 2.61. The van der Waals surface area contributed by atoms with Gasteiger partial charge in [0, 0.05) is 12.2 Å². The molecule has 6 heteroatoms. The van der Waals surface area contributed by atoms with Crippen LogP contribution in [0.15, 0.2) is 58.5 Å². The molecule has 0 unspecified atom stereocenters. The first-order chi connectivity index (χ1) is 12.7. The van der Waals surface area contributed by atoms with Crippen LogP contribution in [0.2, 0.25) is 0 Å². The lowest BCUT2D eigenvalue weighted by Gasteiger charge is -2.26. The Balaban J connectivity index is 2.30. The molecular formula is C21H26N4O2. The van der Waals surface area contributed by atoms with Crippen LogP contribution < -0.4 is 10.9 Å².